The highest BCUT2D eigenvalue weighted by atomic mass is 32.2. The Bertz CT molecular complexity index is 727. The van der Waals surface area contributed by atoms with Gasteiger partial charge in [-0.25, -0.2) is 13.4 Å². The lowest BCUT2D eigenvalue weighted by Crippen LogP contribution is -2.14. The SMILES string of the molecule is CCc1ccc(S(=O)(=O)Nc2cccc(C)n2)cc1N. The van der Waals surface area contributed by atoms with Crippen molar-refractivity contribution in [3.8, 4) is 0 Å². The number of nitrogens with zero attached hydrogens (tertiary/aromatic N) is 1. The molecule has 5 nitrogen and oxygen atoms in total. The number of nitrogens with two attached hydrogens (primary N) is 1. The fourth-order valence-corrected chi connectivity index (χ4v) is 2.89. The molecular weight excluding hydrogens is 274 g/mol. The predicted molar refractivity (Wildman–Crippen MR) is 80.0 cm³/mol. The van der Waals surface area contributed by atoms with Crippen LogP contribution in [0.1, 0.15) is 18.2 Å². The van der Waals surface area contributed by atoms with Crippen LogP contribution in [-0.2, 0) is 16.4 Å². The highest BCUT2D eigenvalue weighted by Gasteiger charge is 2.16. The first-order valence-corrected chi connectivity index (χ1v) is 7.75. The Morgan fingerprint density at radius 1 is 1.25 bits per heavy atom. The molecule has 0 aliphatic rings. The van der Waals surface area contributed by atoms with Crippen LogP contribution < -0.4 is 10.5 Å². The van der Waals surface area contributed by atoms with E-state index in [0.717, 1.165) is 17.7 Å². The number of pyridine rings is 1. The van der Waals surface area contributed by atoms with Crippen molar-refractivity contribution < 1.29 is 8.42 Å². The van der Waals surface area contributed by atoms with Gasteiger partial charge >= 0.3 is 0 Å². The zero-order valence-electron chi connectivity index (χ0n) is 11.4. The van der Waals surface area contributed by atoms with Crippen LogP contribution in [0.5, 0.6) is 0 Å². The molecule has 0 saturated carbocycles. The van der Waals surface area contributed by atoms with E-state index in [4.69, 9.17) is 5.73 Å². The van der Waals surface area contributed by atoms with Crippen LogP contribution in [0.4, 0.5) is 11.5 Å². The second-order valence-corrected chi connectivity index (χ2v) is 6.17. The lowest BCUT2D eigenvalue weighted by Gasteiger charge is -2.10. The number of nitrogens with one attached hydrogen (secondary N) is 1. The lowest BCUT2D eigenvalue weighted by molar-refractivity contribution is 0.601. The Hall–Kier alpha value is -2.08. The molecule has 0 amide bonds. The van der Waals surface area contributed by atoms with Crippen LogP contribution in [0.25, 0.3) is 0 Å². The van der Waals surface area contributed by atoms with Crippen molar-refractivity contribution >= 4 is 21.5 Å². The third-order valence-electron chi connectivity index (χ3n) is 2.94. The van der Waals surface area contributed by atoms with Crippen molar-refractivity contribution in [2.24, 2.45) is 0 Å². The zero-order chi connectivity index (χ0) is 14.8. The summed E-state index contributed by atoms with van der Waals surface area (Å²) in [5, 5.41) is 0. The van der Waals surface area contributed by atoms with Gasteiger partial charge in [-0.2, -0.15) is 0 Å². The van der Waals surface area contributed by atoms with E-state index in [1.807, 2.05) is 6.92 Å². The zero-order valence-corrected chi connectivity index (χ0v) is 12.2. The number of rotatable bonds is 4. The van der Waals surface area contributed by atoms with Gasteiger partial charge in [0.1, 0.15) is 5.82 Å². The van der Waals surface area contributed by atoms with Crippen LogP contribution in [0.3, 0.4) is 0 Å². The summed E-state index contributed by atoms with van der Waals surface area (Å²) in [6.45, 7) is 3.76. The standard InChI is InChI=1S/C14H17N3O2S/c1-3-11-7-8-12(9-13(11)15)20(18,19)17-14-6-4-5-10(2)16-14/h4-9H,3,15H2,1-2H3,(H,16,17). The van der Waals surface area contributed by atoms with Gasteiger partial charge in [-0.3, -0.25) is 4.72 Å². The molecule has 3 N–H and O–H groups in total. The van der Waals surface area contributed by atoms with Gasteiger partial charge in [0, 0.05) is 11.4 Å². The molecule has 1 heterocycles. The fraction of sp³-hybridized carbons (Fsp3) is 0.214. The summed E-state index contributed by atoms with van der Waals surface area (Å²) in [5.74, 6) is 0.295. The van der Waals surface area contributed by atoms with E-state index in [9.17, 15) is 8.42 Å². The summed E-state index contributed by atoms with van der Waals surface area (Å²) in [4.78, 5) is 4.25. The van der Waals surface area contributed by atoms with Gasteiger partial charge in [0.2, 0.25) is 0 Å². The molecule has 0 atom stereocenters. The summed E-state index contributed by atoms with van der Waals surface area (Å²) in [5.41, 5.74) is 7.99. The van der Waals surface area contributed by atoms with Crippen LogP contribution >= 0.6 is 0 Å². The Kier molecular flexibility index (Phi) is 3.94. The molecule has 1 aromatic heterocycles. The van der Waals surface area contributed by atoms with Crippen molar-refractivity contribution in [3.63, 3.8) is 0 Å². The first-order chi connectivity index (χ1) is 9.42. The second-order valence-electron chi connectivity index (χ2n) is 4.48. The van der Waals surface area contributed by atoms with Gasteiger partial charge in [0.05, 0.1) is 4.90 Å². The molecule has 0 aliphatic carbocycles. The molecule has 0 bridgehead atoms. The maximum atomic E-state index is 12.3. The van der Waals surface area contributed by atoms with Gasteiger partial charge in [0.25, 0.3) is 10.0 Å². The molecule has 0 aliphatic heterocycles. The summed E-state index contributed by atoms with van der Waals surface area (Å²) in [6.07, 6.45) is 0.763. The Balaban J connectivity index is 2.33. The summed E-state index contributed by atoms with van der Waals surface area (Å²) in [6, 6.07) is 9.90. The van der Waals surface area contributed by atoms with E-state index in [2.05, 4.69) is 9.71 Å². The van der Waals surface area contributed by atoms with Crippen molar-refractivity contribution in [3.05, 3.63) is 47.7 Å². The minimum absolute atomic E-state index is 0.135. The Morgan fingerprint density at radius 2 is 2.00 bits per heavy atom. The predicted octanol–water partition coefficient (Wildman–Crippen LogP) is 2.34. The summed E-state index contributed by atoms with van der Waals surface area (Å²) in [7, 11) is -3.67. The average molecular weight is 291 g/mol. The Labute approximate surface area is 118 Å². The van der Waals surface area contributed by atoms with E-state index in [1.165, 1.54) is 6.07 Å². The van der Waals surface area contributed by atoms with E-state index < -0.39 is 10.0 Å². The van der Waals surface area contributed by atoms with Crippen molar-refractivity contribution in [2.45, 2.75) is 25.2 Å². The molecule has 2 aromatic rings. The molecule has 0 saturated heterocycles. The van der Waals surface area contributed by atoms with Gasteiger partial charge < -0.3 is 5.73 Å². The van der Waals surface area contributed by atoms with Crippen LogP contribution in [0.15, 0.2) is 41.3 Å². The molecule has 0 radical (unpaired) electrons. The number of benzene rings is 1. The number of anilines is 2. The van der Waals surface area contributed by atoms with Crippen LogP contribution in [-0.4, -0.2) is 13.4 Å². The third kappa shape index (κ3) is 3.08. The van der Waals surface area contributed by atoms with Gasteiger partial charge in [-0.05, 0) is 43.2 Å². The molecule has 106 valence electrons. The van der Waals surface area contributed by atoms with Gasteiger partial charge in [-0.1, -0.05) is 19.1 Å². The second kappa shape index (κ2) is 5.50. The minimum atomic E-state index is -3.67. The monoisotopic (exact) mass is 291 g/mol. The molecule has 1 aromatic carbocycles. The largest absolute Gasteiger partial charge is 0.398 e. The normalized spacial score (nSPS) is 11.3. The van der Waals surface area contributed by atoms with Gasteiger partial charge in [0.15, 0.2) is 0 Å². The number of hydrogen-bond acceptors (Lipinski definition) is 4. The van der Waals surface area contributed by atoms with Crippen molar-refractivity contribution in [1.29, 1.82) is 0 Å². The number of sulfonamides is 1. The summed E-state index contributed by atoms with van der Waals surface area (Å²) >= 11 is 0. The smallest absolute Gasteiger partial charge is 0.263 e. The number of aryl methyl sites for hydroxylation is 2. The first kappa shape index (κ1) is 14.3. The molecule has 6 heteroatoms. The average Bonchev–Trinajstić information content (AvgIpc) is 2.38. The molecule has 0 unspecified atom stereocenters. The first-order valence-electron chi connectivity index (χ1n) is 6.27. The molecule has 0 fully saturated rings. The number of aromatic nitrogens is 1. The van der Waals surface area contributed by atoms with Gasteiger partial charge in [-0.15, -0.1) is 0 Å². The summed E-state index contributed by atoms with van der Waals surface area (Å²) < 4.78 is 27.0. The van der Waals surface area contributed by atoms with Crippen LogP contribution in [0.2, 0.25) is 0 Å². The van der Waals surface area contributed by atoms with Crippen LogP contribution in [0, 0.1) is 6.92 Å². The van der Waals surface area contributed by atoms with E-state index in [1.54, 1.807) is 37.3 Å². The highest BCUT2D eigenvalue weighted by Crippen LogP contribution is 2.20. The third-order valence-corrected chi connectivity index (χ3v) is 4.29. The van der Waals surface area contributed by atoms with E-state index in [0.29, 0.717) is 11.5 Å². The molecule has 2 rings (SSSR count). The topological polar surface area (TPSA) is 85.1 Å². The molecule has 0 spiro atoms. The van der Waals surface area contributed by atoms with Crippen molar-refractivity contribution in [2.75, 3.05) is 10.5 Å². The number of hydrogen-bond donors (Lipinski definition) is 2. The van der Waals surface area contributed by atoms with E-state index in [-0.39, 0.29) is 4.90 Å². The fourth-order valence-electron chi connectivity index (χ4n) is 1.86. The maximum absolute atomic E-state index is 12.3. The quantitative estimate of drug-likeness (QED) is 0.847. The Morgan fingerprint density at radius 3 is 2.60 bits per heavy atom. The van der Waals surface area contributed by atoms with Crippen molar-refractivity contribution in [1.82, 2.24) is 4.98 Å². The number of nitrogen functional groups attached to an aromatic ring is 1. The lowest BCUT2D eigenvalue weighted by atomic mass is 10.1. The van der Waals surface area contributed by atoms with E-state index >= 15 is 0 Å². The molecule has 20 heavy (non-hydrogen) atoms. The minimum Gasteiger partial charge on any atom is -0.398 e. The highest BCUT2D eigenvalue weighted by molar-refractivity contribution is 7.92. The molecular formula is C14H17N3O2S. The maximum Gasteiger partial charge on any atom is 0.263 e.